The highest BCUT2D eigenvalue weighted by Gasteiger charge is 2.36. The van der Waals surface area contributed by atoms with Crippen LogP contribution in [0.4, 0.5) is 0 Å². The molecule has 0 aromatic rings. The van der Waals surface area contributed by atoms with Crippen LogP contribution in [0.3, 0.4) is 0 Å². The molecular formula is C10H18O2. The van der Waals surface area contributed by atoms with Crippen LogP contribution in [0.1, 0.15) is 41.0 Å². The predicted octanol–water partition coefficient (Wildman–Crippen LogP) is 2.23. The molecule has 12 heavy (non-hydrogen) atoms. The third-order valence-electron chi connectivity index (χ3n) is 2.20. The lowest BCUT2D eigenvalue weighted by molar-refractivity contribution is 0.0615. The molecule has 0 saturated heterocycles. The molecule has 1 rings (SSSR count). The molecule has 1 heterocycles. The van der Waals surface area contributed by atoms with Crippen molar-refractivity contribution < 1.29 is 9.84 Å². The Morgan fingerprint density at radius 2 is 1.92 bits per heavy atom. The van der Waals surface area contributed by atoms with Gasteiger partial charge in [0.15, 0.2) is 0 Å². The molecule has 0 atom stereocenters. The van der Waals surface area contributed by atoms with E-state index in [9.17, 15) is 5.11 Å². The molecular weight excluding hydrogens is 152 g/mol. The van der Waals surface area contributed by atoms with Gasteiger partial charge in [-0.3, -0.25) is 0 Å². The number of aliphatic hydroxyl groups is 1. The van der Waals surface area contributed by atoms with Crippen LogP contribution >= 0.6 is 0 Å². The molecule has 0 amide bonds. The average Bonchev–Trinajstić information content (AvgIpc) is 2.03. The second-order valence-electron chi connectivity index (χ2n) is 4.63. The van der Waals surface area contributed by atoms with E-state index in [1.54, 1.807) is 13.8 Å². The topological polar surface area (TPSA) is 29.5 Å². The lowest BCUT2D eigenvalue weighted by Crippen LogP contribution is -2.25. The van der Waals surface area contributed by atoms with Gasteiger partial charge in [0, 0.05) is 12.0 Å². The van der Waals surface area contributed by atoms with E-state index in [0.717, 1.165) is 17.8 Å². The second kappa shape index (κ2) is 2.49. The summed E-state index contributed by atoms with van der Waals surface area (Å²) < 4.78 is 5.61. The normalized spacial score (nSPS) is 22.8. The highest BCUT2D eigenvalue weighted by Crippen LogP contribution is 2.38. The highest BCUT2D eigenvalue weighted by atomic mass is 16.5. The van der Waals surface area contributed by atoms with Crippen LogP contribution in [0.5, 0.6) is 0 Å². The molecule has 0 aromatic carbocycles. The van der Waals surface area contributed by atoms with Gasteiger partial charge in [-0.2, -0.15) is 0 Å². The Morgan fingerprint density at radius 1 is 1.42 bits per heavy atom. The maximum Gasteiger partial charge on any atom is 0.107 e. The molecule has 70 valence electrons. The number of rotatable bonds is 1. The van der Waals surface area contributed by atoms with Crippen LogP contribution in [0.25, 0.3) is 0 Å². The molecule has 0 bridgehead atoms. The largest absolute Gasteiger partial charge is 0.492 e. The zero-order valence-electron chi connectivity index (χ0n) is 8.56. The van der Waals surface area contributed by atoms with Crippen LogP contribution in [-0.2, 0) is 4.74 Å². The Balaban J connectivity index is 2.88. The maximum atomic E-state index is 9.78. The summed E-state index contributed by atoms with van der Waals surface area (Å²) in [6.07, 6.45) is 0.822. The van der Waals surface area contributed by atoms with Gasteiger partial charge in [-0.1, -0.05) is 0 Å². The lowest BCUT2D eigenvalue weighted by atomic mass is 9.90. The minimum Gasteiger partial charge on any atom is -0.492 e. The van der Waals surface area contributed by atoms with E-state index in [0.29, 0.717) is 0 Å². The van der Waals surface area contributed by atoms with E-state index < -0.39 is 5.60 Å². The third kappa shape index (κ3) is 1.81. The first-order valence-electron chi connectivity index (χ1n) is 4.34. The second-order valence-corrected chi connectivity index (χ2v) is 4.63. The molecule has 0 radical (unpaired) electrons. The molecule has 0 aromatic heterocycles. The summed E-state index contributed by atoms with van der Waals surface area (Å²) in [6.45, 7) is 9.60. The van der Waals surface area contributed by atoms with E-state index in [4.69, 9.17) is 4.74 Å². The molecule has 1 aliphatic rings. The van der Waals surface area contributed by atoms with Gasteiger partial charge in [0.25, 0.3) is 0 Å². The van der Waals surface area contributed by atoms with Gasteiger partial charge < -0.3 is 9.84 Å². The standard InChI is InChI=1S/C10H18O2/c1-7-8(10(4,5)11)6-9(2,3)12-7/h11H,6H2,1-5H3. The van der Waals surface area contributed by atoms with E-state index in [2.05, 4.69) is 0 Å². The van der Waals surface area contributed by atoms with E-state index >= 15 is 0 Å². The molecule has 0 saturated carbocycles. The first-order valence-corrected chi connectivity index (χ1v) is 4.34. The van der Waals surface area contributed by atoms with Crippen LogP contribution in [-0.4, -0.2) is 16.3 Å². The van der Waals surface area contributed by atoms with Crippen LogP contribution < -0.4 is 0 Å². The fraction of sp³-hybridized carbons (Fsp3) is 0.800. The van der Waals surface area contributed by atoms with Crippen molar-refractivity contribution in [2.45, 2.75) is 52.2 Å². The van der Waals surface area contributed by atoms with Gasteiger partial charge in [0.2, 0.25) is 0 Å². The number of ether oxygens (including phenoxy) is 1. The van der Waals surface area contributed by atoms with Crippen molar-refractivity contribution in [3.63, 3.8) is 0 Å². The molecule has 0 aliphatic carbocycles. The smallest absolute Gasteiger partial charge is 0.107 e. The molecule has 0 spiro atoms. The summed E-state index contributed by atoms with van der Waals surface area (Å²) in [4.78, 5) is 0. The zero-order chi connectivity index (χ0) is 9.57. The average molecular weight is 170 g/mol. The fourth-order valence-corrected chi connectivity index (χ4v) is 1.71. The van der Waals surface area contributed by atoms with E-state index in [1.165, 1.54) is 0 Å². The van der Waals surface area contributed by atoms with Gasteiger partial charge in [-0.25, -0.2) is 0 Å². The Kier molecular flexibility index (Phi) is 1.99. The van der Waals surface area contributed by atoms with Crippen molar-refractivity contribution in [1.29, 1.82) is 0 Å². The van der Waals surface area contributed by atoms with E-state index in [-0.39, 0.29) is 5.60 Å². The Hall–Kier alpha value is -0.500. The third-order valence-corrected chi connectivity index (χ3v) is 2.20. The van der Waals surface area contributed by atoms with Crippen molar-refractivity contribution in [2.75, 3.05) is 0 Å². The molecule has 2 nitrogen and oxygen atoms in total. The van der Waals surface area contributed by atoms with Crippen molar-refractivity contribution in [3.05, 3.63) is 11.3 Å². The number of hydrogen-bond acceptors (Lipinski definition) is 2. The summed E-state index contributed by atoms with van der Waals surface area (Å²) in [6, 6.07) is 0. The minimum atomic E-state index is -0.738. The Labute approximate surface area is 74.2 Å². The van der Waals surface area contributed by atoms with Crippen molar-refractivity contribution >= 4 is 0 Å². The van der Waals surface area contributed by atoms with Crippen LogP contribution in [0.2, 0.25) is 0 Å². The molecule has 1 N–H and O–H groups in total. The quantitative estimate of drug-likeness (QED) is 0.654. The van der Waals surface area contributed by atoms with Crippen molar-refractivity contribution in [2.24, 2.45) is 0 Å². The fourth-order valence-electron chi connectivity index (χ4n) is 1.71. The monoisotopic (exact) mass is 170 g/mol. The van der Waals surface area contributed by atoms with E-state index in [1.807, 2.05) is 20.8 Å². The number of allylic oxidation sites excluding steroid dienone is 1. The summed E-state index contributed by atoms with van der Waals surface area (Å²) >= 11 is 0. The van der Waals surface area contributed by atoms with Crippen LogP contribution in [0, 0.1) is 0 Å². The molecule has 0 unspecified atom stereocenters. The molecule has 2 heteroatoms. The van der Waals surface area contributed by atoms with Crippen LogP contribution in [0.15, 0.2) is 11.3 Å². The zero-order valence-corrected chi connectivity index (χ0v) is 8.56. The van der Waals surface area contributed by atoms with Gasteiger partial charge in [0.05, 0.1) is 11.4 Å². The minimum absolute atomic E-state index is 0.139. The summed E-state index contributed by atoms with van der Waals surface area (Å²) in [7, 11) is 0. The maximum absolute atomic E-state index is 9.78. The van der Waals surface area contributed by atoms with Gasteiger partial charge in [0.1, 0.15) is 5.60 Å². The predicted molar refractivity (Wildman–Crippen MR) is 48.8 cm³/mol. The summed E-state index contributed by atoms with van der Waals surface area (Å²) in [5, 5.41) is 9.78. The Bertz CT molecular complexity index is 218. The highest BCUT2D eigenvalue weighted by molar-refractivity contribution is 5.23. The van der Waals surface area contributed by atoms with Crippen molar-refractivity contribution in [1.82, 2.24) is 0 Å². The lowest BCUT2D eigenvalue weighted by Gasteiger charge is -2.21. The first-order chi connectivity index (χ1) is 5.22. The van der Waals surface area contributed by atoms with Gasteiger partial charge in [-0.05, 0) is 34.6 Å². The van der Waals surface area contributed by atoms with Gasteiger partial charge >= 0.3 is 0 Å². The SMILES string of the molecule is CC1=C(C(C)(C)O)CC(C)(C)O1. The van der Waals surface area contributed by atoms with Crippen molar-refractivity contribution in [3.8, 4) is 0 Å². The number of hydrogen-bond donors (Lipinski definition) is 1. The van der Waals surface area contributed by atoms with Gasteiger partial charge in [-0.15, -0.1) is 0 Å². The molecule has 0 fully saturated rings. The first kappa shape index (κ1) is 9.59. The Morgan fingerprint density at radius 3 is 2.08 bits per heavy atom. The summed E-state index contributed by atoms with van der Waals surface area (Å²) in [5.41, 5.74) is 0.143. The molecule has 1 aliphatic heterocycles. The summed E-state index contributed by atoms with van der Waals surface area (Å²) in [5.74, 6) is 0.882.